The molecular weight excluding hydrogens is 311 g/mol. The molecule has 0 radical (unpaired) electrons. The van der Waals surface area contributed by atoms with E-state index in [4.69, 9.17) is 4.55 Å². The van der Waals surface area contributed by atoms with Crippen molar-refractivity contribution in [2.45, 2.75) is 19.6 Å². The molecule has 0 amide bonds. The molecule has 19 heavy (non-hydrogen) atoms. The fourth-order valence-electron chi connectivity index (χ4n) is 1.35. The van der Waals surface area contributed by atoms with Crippen LogP contribution in [0.15, 0.2) is 68.1 Å². The van der Waals surface area contributed by atoms with Gasteiger partial charge in [-0.3, -0.25) is 4.55 Å². The van der Waals surface area contributed by atoms with E-state index in [-0.39, 0.29) is 34.5 Å². The van der Waals surface area contributed by atoms with E-state index < -0.39 is 10.1 Å². The zero-order valence-corrected chi connectivity index (χ0v) is 11.7. The van der Waals surface area contributed by atoms with Gasteiger partial charge in [0.2, 0.25) is 0 Å². The van der Waals surface area contributed by atoms with Crippen molar-refractivity contribution >= 4 is 64.1 Å². The molecule has 2 rings (SSSR count). The van der Waals surface area contributed by atoms with Gasteiger partial charge in [-0.1, -0.05) is 30.0 Å². The van der Waals surface area contributed by atoms with Gasteiger partial charge in [0.05, 0.1) is 4.90 Å². The molecule has 0 heterocycles. The van der Waals surface area contributed by atoms with Gasteiger partial charge in [-0.2, -0.15) is 8.42 Å². The van der Waals surface area contributed by atoms with Gasteiger partial charge < -0.3 is 0 Å². The van der Waals surface area contributed by atoms with Gasteiger partial charge in [0, 0.05) is 14.7 Å². The van der Waals surface area contributed by atoms with Crippen LogP contribution in [-0.4, -0.2) is 42.5 Å². The van der Waals surface area contributed by atoms with Crippen LogP contribution in [0.3, 0.4) is 0 Å². The first-order chi connectivity index (χ1) is 8.47. The third-order valence-electron chi connectivity index (χ3n) is 2.20. The maximum atomic E-state index is 11.1. The Morgan fingerprint density at radius 3 is 2.26 bits per heavy atom. The summed E-state index contributed by atoms with van der Waals surface area (Å²) in [5.74, 6) is 0. The summed E-state index contributed by atoms with van der Waals surface area (Å²) in [6.07, 6.45) is 0. The molecule has 0 spiro atoms. The number of benzene rings is 2. The molecule has 0 unspecified atom stereocenters. The molecule has 7 heteroatoms. The molecule has 2 aromatic carbocycles. The molecule has 0 atom stereocenters. The monoisotopic (exact) mass is 322 g/mol. The van der Waals surface area contributed by atoms with Crippen molar-refractivity contribution in [1.82, 2.24) is 0 Å². The van der Waals surface area contributed by atoms with Crippen molar-refractivity contribution in [2.75, 3.05) is 0 Å². The summed E-state index contributed by atoms with van der Waals surface area (Å²) in [4.78, 5) is 2.19. The van der Waals surface area contributed by atoms with Crippen molar-refractivity contribution < 1.29 is 13.0 Å². The molecule has 1 N–H and O–H groups in total. The standard InChI is InChI=1S/C12H10O3S3.Na.H/c13-18(14,15)10-6-7-11(16)12(8-10)17-9-4-2-1-3-5-9;;/h1-8,16H,(H,13,14,15);;. The fourth-order valence-corrected chi connectivity index (χ4v) is 3.12. The fraction of sp³-hybridized carbons (Fsp3) is 0. The Balaban J connectivity index is 0.00000180. The number of hydrogen-bond acceptors (Lipinski definition) is 4. The normalized spacial score (nSPS) is 10.8. The van der Waals surface area contributed by atoms with Crippen LogP contribution in [0.25, 0.3) is 0 Å². The van der Waals surface area contributed by atoms with Crippen LogP contribution in [0.1, 0.15) is 0 Å². The summed E-state index contributed by atoms with van der Waals surface area (Å²) in [6.45, 7) is 0. The Morgan fingerprint density at radius 1 is 1.05 bits per heavy atom. The van der Waals surface area contributed by atoms with E-state index in [1.807, 2.05) is 30.3 Å². The van der Waals surface area contributed by atoms with E-state index >= 15 is 0 Å². The Morgan fingerprint density at radius 2 is 1.68 bits per heavy atom. The summed E-state index contributed by atoms with van der Waals surface area (Å²) < 4.78 is 31.1. The van der Waals surface area contributed by atoms with Crippen LogP contribution in [0.5, 0.6) is 0 Å². The molecule has 0 fully saturated rings. The Labute approximate surface area is 144 Å². The average molecular weight is 322 g/mol. The summed E-state index contributed by atoms with van der Waals surface area (Å²) in [5, 5.41) is 0. The Kier molecular flexibility index (Phi) is 6.46. The van der Waals surface area contributed by atoms with Crippen molar-refractivity contribution in [3.8, 4) is 0 Å². The zero-order chi connectivity index (χ0) is 13.2. The van der Waals surface area contributed by atoms with E-state index in [0.29, 0.717) is 9.79 Å². The van der Waals surface area contributed by atoms with Gasteiger partial charge in [0.1, 0.15) is 0 Å². The summed E-state index contributed by atoms with van der Waals surface area (Å²) in [6, 6.07) is 13.8. The third-order valence-corrected chi connectivity index (χ3v) is 4.66. The van der Waals surface area contributed by atoms with E-state index in [9.17, 15) is 8.42 Å². The predicted octanol–water partition coefficient (Wildman–Crippen LogP) is 2.72. The van der Waals surface area contributed by atoms with Crippen LogP contribution in [0.4, 0.5) is 0 Å². The third kappa shape index (κ3) is 4.82. The predicted molar refractivity (Wildman–Crippen MR) is 81.2 cm³/mol. The van der Waals surface area contributed by atoms with Crippen molar-refractivity contribution in [1.29, 1.82) is 0 Å². The molecule has 0 bridgehead atoms. The maximum absolute atomic E-state index is 11.1. The molecule has 96 valence electrons. The number of rotatable bonds is 3. The van der Waals surface area contributed by atoms with Gasteiger partial charge in [-0.25, -0.2) is 0 Å². The van der Waals surface area contributed by atoms with Gasteiger partial charge in [0.25, 0.3) is 10.1 Å². The second-order valence-electron chi connectivity index (χ2n) is 3.52. The van der Waals surface area contributed by atoms with E-state index in [0.717, 1.165) is 4.90 Å². The van der Waals surface area contributed by atoms with E-state index in [1.54, 1.807) is 6.07 Å². The summed E-state index contributed by atoms with van der Waals surface area (Å²) in [5.41, 5.74) is 0. The second-order valence-corrected chi connectivity index (χ2v) is 6.54. The Bertz CT molecular complexity index is 657. The quantitative estimate of drug-likeness (QED) is 0.518. The van der Waals surface area contributed by atoms with Crippen molar-refractivity contribution in [2.24, 2.45) is 0 Å². The van der Waals surface area contributed by atoms with Crippen LogP contribution >= 0.6 is 24.4 Å². The van der Waals surface area contributed by atoms with Crippen LogP contribution in [-0.2, 0) is 10.1 Å². The summed E-state index contributed by atoms with van der Waals surface area (Å²) in [7, 11) is -4.18. The number of thiol groups is 1. The molecule has 3 nitrogen and oxygen atoms in total. The van der Waals surface area contributed by atoms with Crippen LogP contribution in [0, 0.1) is 0 Å². The molecule has 0 saturated heterocycles. The first-order valence-electron chi connectivity index (χ1n) is 5.00. The average Bonchev–Trinajstić information content (AvgIpc) is 2.32. The summed E-state index contributed by atoms with van der Waals surface area (Å²) >= 11 is 5.67. The molecule has 0 aliphatic carbocycles. The zero-order valence-electron chi connectivity index (χ0n) is 9.15. The van der Waals surface area contributed by atoms with Crippen molar-refractivity contribution in [3.63, 3.8) is 0 Å². The molecule has 0 saturated carbocycles. The van der Waals surface area contributed by atoms with Crippen LogP contribution in [0.2, 0.25) is 0 Å². The molecule has 0 aromatic heterocycles. The molecular formula is C12H11NaO3S3. The topological polar surface area (TPSA) is 54.4 Å². The molecule has 0 aliphatic rings. The van der Waals surface area contributed by atoms with Gasteiger partial charge >= 0.3 is 29.6 Å². The second kappa shape index (κ2) is 7.17. The minimum absolute atomic E-state index is 0. The van der Waals surface area contributed by atoms with E-state index in [2.05, 4.69) is 12.6 Å². The first kappa shape index (κ1) is 17.1. The Hall–Kier alpha value is 0.0500. The molecule has 0 aliphatic heterocycles. The van der Waals surface area contributed by atoms with E-state index in [1.165, 1.54) is 23.9 Å². The van der Waals surface area contributed by atoms with Crippen molar-refractivity contribution in [3.05, 3.63) is 48.5 Å². The first-order valence-corrected chi connectivity index (χ1v) is 7.70. The van der Waals surface area contributed by atoms with Crippen LogP contribution < -0.4 is 0 Å². The minimum atomic E-state index is -4.18. The van der Waals surface area contributed by atoms with Gasteiger partial charge in [-0.15, -0.1) is 12.6 Å². The SMILES string of the molecule is O=S(=O)(O)c1ccc(S)c(Sc2ccccc2)c1.[NaH]. The molecule has 2 aromatic rings. The van der Waals surface area contributed by atoms with Gasteiger partial charge in [-0.05, 0) is 30.3 Å². The number of hydrogen-bond donors (Lipinski definition) is 2. The van der Waals surface area contributed by atoms with Gasteiger partial charge in [0.15, 0.2) is 0 Å².